The average Bonchev–Trinajstić information content (AvgIpc) is 3.33. The van der Waals surface area contributed by atoms with Crippen LogP contribution in [0.3, 0.4) is 0 Å². The van der Waals surface area contributed by atoms with Crippen LogP contribution in [0.2, 0.25) is 0 Å². The van der Waals surface area contributed by atoms with Crippen molar-refractivity contribution in [3.05, 3.63) is 46.0 Å². The van der Waals surface area contributed by atoms with Crippen LogP contribution in [0.25, 0.3) is 10.2 Å². The molecule has 0 bridgehead atoms. The van der Waals surface area contributed by atoms with Gasteiger partial charge in [0.1, 0.15) is 11.3 Å². The van der Waals surface area contributed by atoms with E-state index in [1.54, 1.807) is 13.2 Å². The van der Waals surface area contributed by atoms with Gasteiger partial charge >= 0.3 is 0 Å². The molecule has 11 nitrogen and oxygen atoms in total. The van der Waals surface area contributed by atoms with Crippen LogP contribution in [0, 0.1) is 10.1 Å². The molecule has 1 saturated heterocycles. The molecule has 3 aromatic rings. The molecule has 1 aromatic heterocycles. The Kier molecular flexibility index (Phi) is 8.18. The van der Waals surface area contributed by atoms with Crippen LogP contribution < -0.4 is 19.1 Å². The van der Waals surface area contributed by atoms with E-state index >= 15 is 0 Å². The molecular weight excluding hydrogens is 488 g/mol. The maximum atomic E-state index is 13.9. The number of anilines is 1. The summed E-state index contributed by atoms with van der Waals surface area (Å²) in [6.45, 7) is 4.12. The normalized spacial score (nSPS) is 14.0. The summed E-state index contributed by atoms with van der Waals surface area (Å²) in [6, 6.07) is 8.04. The van der Waals surface area contributed by atoms with Crippen molar-refractivity contribution in [1.82, 2.24) is 9.88 Å². The fraction of sp³-hybridized carbons (Fsp3) is 0.417. The molecule has 0 atom stereocenters. The van der Waals surface area contributed by atoms with Gasteiger partial charge in [0, 0.05) is 32.2 Å². The molecule has 0 unspecified atom stereocenters. The van der Waals surface area contributed by atoms with E-state index in [1.807, 2.05) is 12.1 Å². The first-order valence-corrected chi connectivity index (χ1v) is 12.2. The Bertz CT molecular complexity index is 1240. The molecule has 1 aliphatic heterocycles. The van der Waals surface area contributed by atoms with E-state index in [2.05, 4.69) is 9.88 Å². The number of nitrogens with zero attached hydrogens (tertiary/aromatic N) is 4. The number of carbonyl (C=O) groups excluding carboxylic acids is 1. The Labute approximate surface area is 212 Å². The smallest absolute Gasteiger partial charge is 0.286 e. The highest BCUT2D eigenvalue weighted by Crippen LogP contribution is 2.37. The Morgan fingerprint density at radius 1 is 1.14 bits per heavy atom. The third-order valence-corrected chi connectivity index (χ3v) is 6.99. The average molecular weight is 517 g/mol. The molecule has 0 radical (unpaired) electrons. The number of fused-ring (bicyclic) bond motifs is 1. The second-order valence-corrected chi connectivity index (χ2v) is 9.09. The van der Waals surface area contributed by atoms with Crippen LogP contribution in [0.5, 0.6) is 17.2 Å². The minimum atomic E-state index is -0.593. The number of aromatic nitrogens is 1. The van der Waals surface area contributed by atoms with Crippen molar-refractivity contribution >= 4 is 38.3 Å². The lowest BCUT2D eigenvalue weighted by atomic mass is 10.1. The molecule has 0 saturated carbocycles. The molecule has 1 fully saturated rings. The highest BCUT2D eigenvalue weighted by molar-refractivity contribution is 7.22. The van der Waals surface area contributed by atoms with E-state index < -0.39 is 10.8 Å². The van der Waals surface area contributed by atoms with Gasteiger partial charge in [0.2, 0.25) is 0 Å². The number of benzene rings is 2. The van der Waals surface area contributed by atoms with Gasteiger partial charge in [0.25, 0.3) is 11.6 Å². The van der Waals surface area contributed by atoms with Gasteiger partial charge in [-0.25, -0.2) is 4.98 Å². The fourth-order valence-electron chi connectivity index (χ4n) is 4.03. The van der Waals surface area contributed by atoms with Gasteiger partial charge in [-0.05, 0) is 24.6 Å². The van der Waals surface area contributed by atoms with Crippen molar-refractivity contribution < 1.29 is 28.7 Å². The van der Waals surface area contributed by atoms with Crippen LogP contribution in [0.15, 0.2) is 30.3 Å². The predicted molar refractivity (Wildman–Crippen MR) is 136 cm³/mol. The highest BCUT2D eigenvalue weighted by atomic mass is 32.1. The number of morpholine rings is 1. The van der Waals surface area contributed by atoms with Gasteiger partial charge in [0.15, 0.2) is 16.6 Å². The SMILES string of the molecule is COc1ccc2nc(N(CCCN3CCOCC3)C(=O)c3cc(OC)c(OC)cc3[N+](=O)[O-])sc2c1. The third kappa shape index (κ3) is 5.50. The molecule has 192 valence electrons. The number of hydrogen-bond acceptors (Lipinski definition) is 10. The van der Waals surface area contributed by atoms with E-state index in [9.17, 15) is 14.9 Å². The summed E-state index contributed by atoms with van der Waals surface area (Å²) in [5, 5.41) is 12.3. The standard InChI is InChI=1S/C24H28N4O7S/c1-32-16-5-6-18-22(13-16)36-24(25-18)27(8-4-7-26-9-11-35-12-10-26)23(29)17-14-20(33-2)21(34-3)15-19(17)28(30)31/h5-6,13-15H,4,7-12H2,1-3H3. The zero-order valence-electron chi connectivity index (χ0n) is 20.4. The van der Waals surface area contributed by atoms with E-state index in [4.69, 9.17) is 18.9 Å². The lowest BCUT2D eigenvalue weighted by Crippen LogP contribution is -2.39. The lowest BCUT2D eigenvalue weighted by molar-refractivity contribution is -0.385. The quantitative estimate of drug-likeness (QED) is 0.294. The zero-order chi connectivity index (χ0) is 25.7. The maximum Gasteiger partial charge on any atom is 0.286 e. The Morgan fingerprint density at radius 2 is 1.86 bits per heavy atom. The van der Waals surface area contributed by atoms with Gasteiger partial charge in [0.05, 0.1) is 55.7 Å². The Morgan fingerprint density at radius 3 is 2.53 bits per heavy atom. The molecule has 12 heteroatoms. The predicted octanol–water partition coefficient (Wildman–Crippen LogP) is 3.60. The van der Waals surface area contributed by atoms with Gasteiger partial charge in [-0.3, -0.25) is 24.7 Å². The second-order valence-electron chi connectivity index (χ2n) is 8.08. The first-order valence-electron chi connectivity index (χ1n) is 11.4. The summed E-state index contributed by atoms with van der Waals surface area (Å²) in [4.78, 5) is 33.6. The number of ether oxygens (including phenoxy) is 4. The van der Waals surface area contributed by atoms with Crippen LogP contribution in [-0.2, 0) is 4.74 Å². The number of methoxy groups -OCH3 is 3. The summed E-state index contributed by atoms with van der Waals surface area (Å²) in [6.07, 6.45) is 0.659. The molecule has 2 aromatic carbocycles. The van der Waals surface area contributed by atoms with Crippen LogP contribution in [0.1, 0.15) is 16.8 Å². The summed E-state index contributed by atoms with van der Waals surface area (Å²) >= 11 is 1.33. The van der Waals surface area contributed by atoms with Gasteiger partial charge in [-0.2, -0.15) is 0 Å². The Hall–Kier alpha value is -3.48. The third-order valence-electron chi connectivity index (χ3n) is 5.95. The van der Waals surface area contributed by atoms with Crippen molar-refractivity contribution in [2.75, 3.05) is 65.6 Å². The second kappa shape index (κ2) is 11.5. The van der Waals surface area contributed by atoms with E-state index in [1.165, 1.54) is 42.6 Å². The summed E-state index contributed by atoms with van der Waals surface area (Å²) in [7, 11) is 4.39. The minimum Gasteiger partial charge on any atom is -0.497 e. The largest absolute Gasteiger partial charge is 0.497 e. The molecule has 2 heterocycles. The molecule has 1 aliphatic rings. The van der Waals surface area contributed by atoms with E-state index in [0.717, 1.165) is 24.3 Å². The molecule has 0 spiro atoms. The van der Waals surface area contributed by atoms with Crippen molar-refractivity contribution in [2.24, 2.45) is 0 Å². The lowest BCUT2D eigenvalue weighted by Gasteiger charge is -2.27. The number of carbonyl (C=O) groups is 1. The molecular formula is C24H28N4O7S. The number of rotatable bonds is 10. The van der Waals surface area contributed by atoms with E-state index in [0.29, 0.717) is 42.6 Å². The van der Waals surface area contributed by atoms with Gasteiger partial charge < -0.3 is 18.9 Å². The Balaban J connectivity index is 1.70. The van der Waals surface area contributed by atoms with E-state index in [-0.39, 0.29) is 22.7 Å². The van der Waals surface area contributed by atoms with Crippen molar-refractivity contribution in [3.8, 4) is 17.2 Å². The summed E-state index contributed by atoms with van der Waals surface area (Å²) < 4.78 is 22.1. The first kappa shape index (κ1) is 25.6. The molecule has 0 aliphatic carbocycles. The van der Waals surface area contributed by atoms with Crippen molar-refractivity contribution in [3.63, 3.8) is 0 Å². The number of hydrogen-bond donors (Lipinski definition) is 0. The molecule has 1 amide bonds. The number of amides is 1. The maximum absolute atomic E-state index is 13.9. The van der Waals surface area contributed by atoms with Crippen molar-refractivity contribution in [1.29, 1.82) is 0 Å². The first-order chi connectivity index (χ1) is 17.4. The minimum absolute atomic E-state index is 0.0964. The molecule has 0 N–H and O–H groups in total. The fourth-order valence-corrected chi connectivity index (χ4v) is 5.05. The number of nitro benzene ring substituents is 1. The van der Waals surface area contributed by atoms with Gasteiger partial charge in [-0.15, -0.1) is 0 Å². The van der Waals surface area contributed by atoms with Gasteiger partial charge in [-0.1, -0.05) is 11.3 Å². The summed E-state index contributed by atoms with van der Waals surface area (Å²) in [5.41, 5.74) is 0.253. The number of thiazole rings is 1. The van der Waals surface area contributed by atoms with Crippen molar-refractivity contribution in [2.45, 2.75) is 6.42 Å². The number of nitro groups is 1. The van der Waals surface area contributed by atoms with Crippen LogP contribution in [0.4, 0.5) is 10.8 Å². The summed E-state index contributed by atoms with van der Waals surface area (Å²) in [5.74, 6) is 0.550. The molecule has 36 heavy (non-hydrogen) atoms. The highest BCUT2D eigenvalue weighted by Gasteiger charge is 2.30. The van der Waals surface area contributed by atoms with Crippen LogP contribution >= 0.6 is 11.3 Å². The topological polar surface area (TPSA) is 116 Å². The molecule has 4 rings (SSSR count). The zero-order valence-corrected chi connectivity index (χ0v) is 21.2. The monoisotopic (exact) mass is 516 g/mol. The van der Waals surface area contributed by atoms with Crippen LogP contribution in [-0.4, -0.2) is 81.4 Å².